The predicted molar refractivity (Wildman–Crippen MR) is 80.4 cm³/mol. The molecule has 0 atom stereocenters. The van der Waals surface area contributed by atoms with Crippen molar-refractivity contribution in [2.75, 3.05) is 13.7 Å². The molecule has 120 valence electrons. The van der Waals surface area contributed by atoms with E-state index in [-0.39, 0.29) is 18.6 Å². The molecule has 22 heavy (non-hydrogen) atoms. The maximum Gasteiger partial charge on any atom is 0.311 e. The molecule has 0 radical (unpaired) electrons. The second-order valence-electron chi connectivity index (χ2n) is 5.80. The first-order valence-corrected chi connectivity index (χ1v) is 7.24. The number of benzene rings is 1. The van der Waals surface area contributed by atoms with Crippen LogP contribution in [0, 0.1) is 5.41 Å². The zero-order valence-electron chi connectivity index (χ0n) is 13.0. The molecule has 1 fully saturated rings. The highest BCUT2D eigenvalue weighted by Crippen LogP contribution is 2.45. The van der Waals surface area contributed by atoms with Crippen LogP contribution in [0.4, 0.5) is 0 Å². The fraction of sp³-hybridized carbons (Fsp3) is 0.500. The Hall–Kier alpha value is -2.24. The highest BCUT2D eigenvalue weighted by molar-refractivity contribution is 5.95. The molecule has 0 spiro atoms. The van der Waals surface area contributed by atoms with Gasteiger partial charge in [0.05, 0.1) is 18.6 Å². The number of nitrogens with one attached hydrogen (secondary N) is 1. The molecule has 1 amide bonds. The Balaban J connectivity index is 2.05. The molecular formula is C16H21NO5. The summed E-state index contributed by atoms with van der Waals surface area (Å²) in [6.45, 7) is 3.95. The summed E-state index contributed by atoms with van der Waals surface area (Å²) in [5, 5.41) is 11.8. The van der Waals surface area contributed by atoms with E-state index in [9.17, 15) is 9.59 Å². The number of carbonyl (C=O) groups is 2. The molecule has 0 aliphatic heterocycles. The standard InChI is InChI=1S/C16H21NO5/c1-10(2)22-12-5-4-11(8-13(12)21-3)14(18)17-9-16(6-7-16)15(19)20/h4-5,8,10H,6-7,9H2,1-3H3,(H,17,18)(H,19,20). The maximum absolute atomic E-state index is 12.1. The summed E-state index contributed by atoms with van der Waals surface area (Å²) in [7, 11) is 1.51. The van der Waals surface area contributed by atoms with Crippen LogP contribution in [0.15, 0.2) is 18.2 Å². The molecule has 1 aliphatic carbocycles. The van der Waals surface area contributed by atoms with Gasteiger partial charge in [-0.05, 0) is 44.9 Å². The van der Waals surface area contributed by atoms with Crippen molar-refractivity contribution in [2.24, 2.45) is 5.41 Å². The minimum atomic E-state index is -0.855. The summed E-state index contributed by atoms with van der Waals surface area (Å²) >= 11 is 0. The molecule has 1 aromatic carbocycles. The smallest absolute Gasteiger partial charge is 0.311 e. The van der Waals surface area contributed by atoms with Crippen molar-refractivity contribution in [3.63, 3.8) is 0 Å². The lowest BCUT2D eigenvalue weighted by molar-refractivity contribution is -0.143. The van der Waals surface area contributed by atoms with Gasteiger partial charge < -0.3 is 19.9 Å². The first-order valence-electron chi connectivity index (χ1n) is 7.24. The summed E-state index contributed by atoms with van der Waals surface area (Å²) in [5.74, 6) is -0.132. The molecule has 1 aromatic rings. The van der Waals surface area contributed by atoms with Crippen LogP contribution in [-0.2, 0) is 4.79 Å². The molecule has 1 aliphatic rings. The zero-order valence-corrected chi connectivity index (χ0v) is 13.0. The molecular weight excluding hydrogens is 286 g/mol. The summed E-state index contributed by atoms with van der Waals surface area (Å²) in [5.41, 5.74) is -0.366. The number of amides is 1. The fourth-order valence-corrected chi connectivity index (χ4v) is 2.13. The number of ether oxygens (including phenoxy) is 2. The Morgan fingerprint density at radius 2 is 2.00 bits per heavy atom. The van der Waals surface area contributed by atoms with Crippen LogP contribution >= 0.6 is 0 Å². The van der Waals surface area contributed by atoms with E-state index in [2.05, 4.69) is 5.32 Å². The molecule has 0 aromatic heterocycles. The van der Waals surface area contributed by atoms with Crippen LogP contribution in [0.3, 0.4) is 0 Å². The third-order valence-electron chi connectivity index (χ3n) is 3.68. The van der Waals surface area contributed by atoms with Gasteiger partial charge in [0.2, 0.25) is 0 Å². The third-order valence-corrected chi connectivity index (χ3v) is 3.68. The summed E-state index contributed by atoms with van der Waals surface area (Å²) in [6.07, 6.45) is 1.21. The summed E-state index contributed by atoms with van der Waals surface area (Å²) in [6, 6.07) is 4.90. The van der Waals surface area contributed by atoms with Gasteiger partial charge in [-0.1, -0.05) is 0 Å². The van der Waals surface area contributed by atoms with Crippen molar-refractivity contribution in [1.82, 2.24) is 5.32 Å². The van der Waals surface area contributed by atoms with Gasteiger partial charge in [0.25, 0.3) is 5.91 Å². The Bertz CT molecular complexity index is 578. The Kier molecular flexibility index (Phi) is 4.59. The molecule has 0 unspecified atom stereocenters. The van der Waals surface area contributed by atoms with Gasteiger partial charge in [-0.15, -0.1) is 0 Å². The summed E-state index contributed by atoms with van der Waals surface area (Å²) < 4.78 is 10.8. The van der Waals surface area contributed by atoms with Crippen LogP contribution in [0.2, 0.25) is 0 Å². The van der Waals surface area contributed by atoms with Gasteiger partial charge in [-0.3, -0.25) is 9.59 Å². The van der Waals surface area contributed by atoms with Crippen LogP contribution in [0.5, 0.6) is 11.5 Å². The average molecular weight is 307 g/mol. The SMILES string of the molecule is COc1cc(C(=O)NCC2(C(=O)O)CC2)ccc1OC(C)C. The highest BCUT2D eigenvalue weighted by Gasteiger charge is 2.50. The van der Waals surface area contributed by atoms with Crippen molar-refractivity contribution in [1.29, 1.82) is 0 Å². The highest BCUT2D eigenvalue weighted by atomic mass is 16.5. The van der Waals surface area contributed by atoms with Gasteiger partial charge in [-0.25, -0.2) is 0 Å². The average Bonchev–Trinajstić information content (AvgIpc) is 3.26. The van der Waals surface area contributed by atoms with Crippen LogP contribution in [-0.4, -0.2) is 36.7 Å². The van der Waals surface area contributed by atoms with E-state index in [4.69, 9.17) is 14.6 Å². The van der Waals surface area contributed by atoms with E-state index in [1.807, 2.05) is 13.8 Å². The molecule has 1 saturated carbocycles. The Morgan fingerprint density at radius 1 is 1.32 bits per heavy atom. The van der Waals surface area contributed by atoms with Gasteiger partial charge >= 0.3 is 5.97 Å². The van der Waals surface area contributed by atoms with Crippen LogP contribution < -0.4 is 14.8 Å². The lowest BCUT2D eigenvalue weighted by atomic mass is 10.1. The molecule has 2 rings (SSSR count). The van der Waals surface area contributed by atoms with Gasteiger partial charge in [0.1, 0.15) is 0 Å². The fourth-order valence-electron chi connectivity index (χ4n) is 2.13. The Morgan fingerprint density at radius 3 is 2.50 bits per heavy atom. The topological polar surface area (TPSA) is 84.9 Å². The first-order chi connectivity index (χ1) is 10.4. The zero-order chi connectivity index (χ0) is 16.3. The second kappa shape index (κ2) is 6.25. The van der Waals surface area contributed by atoms with E-state index in [1.165, 1.54) is 7.11 Å². The van der Waals surface area contributed by atoms with Gasteiger partial charge in [0.15, 0.2) is 11.5 Å². The van der Waals surface area contributed by atoms with E-state index in [1.54, 1.807) is 18.2 Å². The van der Waals surface area contributed by atoms with Gasteiger partial charge in [0, 0.05) is 12.1 Å². The number of hydrogen-bond acceptors (Lipinski definition) is 4. The lowest BCUT2D eigenvalue weighted by Crippen LogP contribution is -2.34. The number of rotatable bonds is 7. The molecule has 6 heteroatoms. The van der Waals surface area contributed by atoms with Crippen molar-refractivity contribution >= 4 is 11.9 Å². The van der Waals surface area contributed by atoms with Gasteiger partial charge in [-0.2, -0.15) is 0 Å². The number of aliphatic carboxylic acids is 1. The van der Waals surface area contributed by atoms with E-state index >= 15 is 0 Å². The normalized spacial score (nSPS) is 15.3. The maximum atomic E-state index is 12.1. The minimum absolute atomic E-state index is 0.00105. The number of carboxylic acids is 1. The van der Waals surface area contributed by atoms with Crippen molar-refractivity contribution < 1.29 is 24.2 Å². The third kappa shape index (κ3) is 3.50. The lowest BCUT2D eigenvalue weighted by Gasteiger charge is -2.15. The molecule has 6 nitrogen and oxygen atoms in total. The number of carbonyl (C=O) groups excluding carboxylic acids is 1. The largest absolute Gasteiger partial charge is 0.493 e. The number of methoxy groups -OCH3 is 1. The molecule has 0 saturated heterocycles. The Labute approximate surface area is 129 Å². The van der Waals surface area contributed by atoms with Crippen LogP contribution in [0.25, 0.3) is 0 Å². The van der Waals surface area contributed by atoms with E-state index < -0.39 is 11.4 Å². The summed E-state index contributed by atoms with van der Waals surface area (Å²) in [4.78, 5) is 23.2. The predicted octanol–water partition coefficient (Wildman–Crippen LogP) is 2.08. The van der Waals surface area contributed by atoms with Crippen molar-refractivity contribution in [3.05, 3.63) is 23.8 Å². The van der Waals surface area contributed by atoms with Crippen molar-refractivity contribution in [3.8, 4) is 11.5 Å². The van der Waals surface area contributed by atoms with Crippen molar-refractivity contribution in [2.45, 2.75) is 32.8 Å². The van der Waals surface area contributed by atoms with E-state index in [0.29, 0.717) is 29.9 Å². The quantitative estimate of drug-likeness (QED) is 0.805. The van der Waals surface area contributed by atoms with Crippen LogP contribution in [0.1, 0.15) is 37.0 Å². The molecule has 0 bridgehead atoms. The monoisotopic (exact) mass is 307 g/mol. The molecule has 0 heterocycles. The molecule has 2 N–H and O–H groups in total. The second-order valence-corrected chi connectivity index (χ2v) is 5.80. The first kappa shape index (κ1) is 16.1. The van der Waals surface area contributed by atoms with E-state index in [0.717, 1.165) is 0 Å². The number of carboxylic acid groups (broad SMARTS) is 1. The minimum Gasteiger partial charge on any atom is -0.493 e. The number of hydrogen-bond donors (Lipinski definition) is 2.